The highest BCUT2D eigenvalue weighted by Crippen LogP contribution is 2.18. The largest absolute Gasteiger partial charge is 0.309 e. The SMILES string of the molecule is Cc1cscc1CNCc1ccc(C(F)F)cc1. The number of aryl methyl sites for hydroxylation is 1. The van der Waals surface area contributed by atoms with Crippen molar-refractivity contribution in [2.24, 2.45) is 0 Å². The Morgan fingerprint density at radius 1 is 1.11 bits per heavy atom. The molecule has 2 aromatic rings. The second kappa shape index (κ2) is 6.07. The molecule has 2 rings (SSSR count). The van der Waals surface area contributed by atoms with Crippen molar-refractivity contribution in [2.75, 3.05) is 0 Å². The molecule has 0 saturated heterocycles. The molecule has 0 amide bonds. The molecule has 0 spiro atoms. The number of benzene rings is 1. The van der Waals surface area contributed by atoms with Gasteiger partial charge in [0, 0.05) is 18.7 Å². The highest BCUT2D eigenvalue weighted by molar-refractivity contribution is 7.08. The van der Waals surface area contributed by atoms with Crippen LogP contribution in [0.3, 0.4) is 0 Å². The smallest absolute Gasteiger partial charge is 0.263 e. The average Bonchev–Trinajstić information content (AvgIpc) is 2.76. The molecule has 0 atom stereocenters. The molecule has 0 aliphatic rings. The van der Waals surface area contributed by atoms with Gasteiger partial charge in [-0.25, -0.2) is 8.78 Å². The summed E-state index contributed by atoms with van der Waals surface area (Å²) < 4.78 is 24.7. The molecule has 18 heavy (non-hydrogen) atoms. The van der Waals surface area contributed by atoms with E-state index in [0.29, 0.717) is 6.54 Å². The summed E-state index contributed by atoms with van der Waals surface area (Å²) in [6.45, 7) is 3.59. The number of thiophene rings is 1. The fourth-order valence-corrected chi connectivity index (χ4v) is 2.55. The van der Waals surface area contributed by atoms with E-state index >= 15 is 0 Å². The van der Waals surface area contributed by atoms with E-state index < -0.39 is 6.43 Å². The molecule has 1 aromatic heterocycles. The number of hydrogen-bond donors (Lipinski definition) is 1. The van der Waals surface area contributed by atoms with Crippen molar-refractivity contribution >= 4 is 11.3 Å². The van der Waals surface area contributed by atoms with E-state index in [2.05, 4.69) is 23.0 Å². The standard InChI is InChI=1S/C14H15F2NS/c1-10-8-18-9-13(10)7-17-6-11-2-4-12(5-3-11)14(15)16/h2-5,8-9,14,17H,6-7H2,1H3. The number of halogens is 2. The highest BCUT2D eigenvalue weighted by atomic mass is 32.1. The Labute approximate surface area is 109 Å². The first-order valence-corrected chi connectivity index (χ1v) is 6.70. The van der Waals surface area contributed by atoms with E-state index in [1.54, 1.807) is 23.5 Å². The molecule has 1 N–H and O–H groups in total. The van der Waals surface area contributed by atoms with Gasteiger partial charge in [-0.1, -0.05) is 24.3 Å². The first kappa shape index (κ1) is 13.2. The van der Waals surface area contributed by atoms with Crippen molar-refractivity contribution in [1.29, 1.82) is 0 Å². The van der Waals surface area contributed by atoms with Crippen molar-refractivity contribution < 1.29 is 8.78 Å². The molecule has 0 aliphatic heterocycles. The summed E-state index contributed by atoms with van der Waals surface area (Å²) in [5.41, 5.74) is 3.68. The molecular formula is C14H15F2NS. The fraction of sp³-hybridized carbons (Fsp3) is 0.286. The van der Waals surface area contributed by atoms with Gasteiger partial charge in [0.25, 0.3) is 6.43 Å². The van der Waals surface area contributed by atoms with Crippen molar-refractivity contribution in [3.8, 4) is 0 Å². The molecule has 0 saturated carbocycles. The Balaban J connectivity index is 1.85. The predicted octanol–water partition coefficient (Wildman–Crippen LogP) is 4.28. The minimum atomic E-state index is -2.39. The van der Waals surface area contributed by atoms with Gasteiger partial charge in [-0.2, -0.15) is 11.3 Å². The third-order valence-corrected chi connectivity index (χ3v) is 3.75. The molecule has 0 fully saturated rings. The maximum absolute atomic E-state index is 12.4. The van der Waals surface area contributed by atoms with Gasteiger partial charge < -0.3 is 5.32 Å². The van der Waals surface area contributed by atoms with E-state index in [1.807, 2.05) is 0 Å². The van der Waals surface area contributed by atoms with Crippen molar-refractivity contribution in [2.45, 2.75) is 26.4 Å². The maximum Gasteiger partial charge on any atom is 0.263 e. The molecule has 1 aromatic carbocycles. The summed E-state index contributed by atoms with van der Waals surface area (Å²) in [6, 6.07) is 6.46. The van der Waals surface area contributed by atoms with E-state index in [9.17, 15) is 8.78 Å². The zero-order chi connectivity index (χ0) is 13.0. The van der Waals surface area contributed by atoms with Gasteiger partial charge in [-0.05, 0) is 34.4 Å². The third kappa shape index (κ3) is 3.37. The maximum atomic E-state index is 12.4. The minimum Gasteiger partial charge on any atom is -0.309 e. The number of nitrogens with one attached hydrogen (secondary N) is 1. The van der Waals surface area contributed by atoms with Crippen LogP contribution < -0.4 is 5.32 Å². The van der Waals surface area contributed by atoms with Gasteiger partial charge >= 0.3 is 0 Å². The molecule has 1 heterocycles. The van der Waals surface area contributed by atoms with Gasteiger partial charge in [0.1, 0.15) is 0 Å². The number of hydrogen-bond acceptors (Lipinski definition) is 2. The molecule has 1 nitrogen and oxygen atoms in total. The van der Waals surface area contributed by atoms with Crippen LogP contribution in [0.5, 0.6) is 0 Å². The quantitative estimate of drug-likeness (QED) is 0.852. The Bertz CT molecular complexity index is 491. The summed E-state index contributed by atoms with van der Waals surface area (Å²) in [7, 11) is 0. The summed E-state index contributed by atoms with van der Waals surface area (Å²) in [5, 5.41) is 7.56. The van der Waals surface area contributed by atoms with Gasteiger partial charge in [0.2, 0.25) is 0 Å². The van der Waals surface area contributed by atoms with Crippen LogP contribution >= 0.6 is 11.3 Å². The topological polar surface area (TPSA) is 12.0 Å². The van der Waals surface area contributed by atoms with E-state index in [4.69, 9.17) is 0 Å². The minimum absolute atomic E-state index is 0.0763. The lowest BCUT2D eigenvalue weighted by molar-refractivity contribution is 0.151. The van der Waals surface area contributed by atoms with Crippen LogP contribution in [0, 0.1) is 6.92 Å². The zero-order valence-corrected chi connectivity index (χ0v) is 10.9. The highest BCUT2D eigenvalue weighted by Gasteiger charge is 2.05. The van der Waals surface area contributed by atoms with E-state index in [0.717, 1.165) is 12.1 Å². The molecule has 0 radical (unpaired) electrons. The molecular weight excluding hydrogens is 252 g/mol. The van der Waals surface area contributed by atoms with Crippen LogP contribution in [0.25, 0.3) is 0 Å². The van der Waals surface area contributed by atoms with Gasteiger partial charge in [-0.15, -0.1) is 0 Å². The lowest BCUT2D eigenvalue weighted by Crippen LogP contribution is -2.12. The van der Waals surface area contributed by atoms with Crippen molar-refractivity contribution in [1.82, 2.24) is 5.32 Å². The monoisotopic (exact) mass is 267 g/mol. The molecule has 0 unspecified atom stereocenters. The summed E-state index contributed by atoms with van der Waals surface area (Å²) in [5.74, 6) is 0. The Hall–Kier alpha value is -1.26. The molecule has 0 bridgehead atoms. The molecule has 4 heteroatoms. The first-order chi connectivity index (χ1) is 8.66. The van der Waals surface area contributed by atoms with Crippen LogP contribution in [-0.4, -0.2) is 0 Å². The molecule has 0 aliphatic carbocycles. The van der Waals surface area contributed by atoms with Crippen molar-refractivity contribution in [3.05, 3.63) is 57.3 Å². The van der Waals surface area contributed by atoms with E-state index in [1.165, 1.54) is 23.3 Å². The lowest BCUT2D eigenvalue weighted by atomic mass is 10.1. The Morgan fingerprint density at radius 2 is 1.83 bits per heavy atom. The fourth-order valence-electron chi connectivity index (χ4n) is 1.69. The predicted molar refractivity (Wildman–Crippen MR) is 71.0 cm³/mol. The van der Waals surface area contributed by atoms with Crippen molar-refractivity contribution in [3.63, 3.8) is 0 Å². The Morgan fingerprint density at radius 3 is 2.39 bits per heavy atom. The van der Waals surface area contributed by atoms with Crippen LogP contribution in [-0.2, 0) is 13.1 Å². The Kier molecular flexibility index (Phi) is 4.44. The molecule has 96 valence electrons. The number of alkyl halides is 2. The second-order valence-electron chi connectivity index (χ2n) is 4.23. The van der Waals surface area contributed by atoms with E-state index in [-0.39, 0.29) is 5.56 Å². The van der Waals surface area contributed by atoms with Crippen LogP contribution in [0.2, 0.25) is 0 Å². The van der Waals surface area contributed by atoms with Crippen LogP contribution in [0.1, 0.15) is 28.7 Å². The number of rotatable bonds is 5. The first-order valence-electron chi connectivity index (χ1n) is 5.76. The van der Waals surface area contributed by atoms with Crippen LogP contribution in [0.4, 0.5) is 8.78 Å². The zero-order valence-electron chi connectivity index (χ0n) is 10.1. The summed E-state index contributed by atoms with van der Waals surface area (Å²) >= 11 is 1.69. The summed E-state index contributed by atoms with van der Waals surface area (Å²) in [6.07, 6.45) is -2.39. The summed E-state index contributed by atoms with van der Waals surface area (Å²) in [4.78, 5) is 0. The third-order valence-electron chi connectivity index (χ3n) is 2.84. The average molecular weight is 267 g/mol. The second-order valence-corrected chi connectivity index (χ2v) is 4.97. The van der Waals surface area contributed by atoms with Gasteiger partial charge in [-0.3, -0.25) is 0 Å². The van der Waals surface area contributed by atoms with Gasteiger partial charge in [0.15, 0.2) is 0 Å². The normalized spacial score (nSPS) is 11.1. The van der Waals surface area contributed by atoms with Gasteiger partial charge in [0.05, 0.1) is 0 Å². The van der Waals surface area contributed by atoms with Crippen LogP contribution in [0.15, 0.2) is 35.0 Å². The lowest BCUT2D eigenvalue weighted by Gasteiger charge is -2.06.